The number of aryl methyl sites for hydroxylation is 1. The van der Waals surface area contributed by atoms with Crippen LogP contribution >= 0.6 is 15.9 Å². The number of aromatic nitrogens is 1. The molecule has 0 bridgehead atoms. The molecule has 0 aliphatic rings. The molecule has 1 heterocycles. The van der Waals surface area contributed by atoms with Gasteiger partial charge in [0.2, 0.25) is 0 Å². The van der Waals surface area contributed by atoms with Gasteiger partial charge in [-0.2, -0.15) is 0 Å². The molecule has 0 fully saturated rings. The lowest BCUT2D eigenvalue weighted by Crippen LogP contribution is -2.04. The number of hydrogen-bond donors (Lipinski definition) is 2. The van der Waals surface area contributed by atoms with Crippen LogP contribution in [0.15, 0.2) is 22.7 Å². The number of halogens is 1. The second kappa shape index (κ2) is 4.53. The summed E-state index contributed by atoms with van der Waals surface area (Å²) in [6.45, 7) is 3.96. The number of aliphatic carboxylic acids is 1. The van der Waals surface area contributed by atoms with E-state index in [0.29, 0.717) is 0 Å². The highest BCUT2D eigenvalue weighted by atomic mass is 79.9. The van der Waals surface area contributed by atoms with E-state index < -0.39 is 5.97 Å². The molecule has 1 aromatic carbocycles. The molecule has 4 heteroatoms. The number of nitrogens with one attached hydrogen (secondary N) is 1. The summed E-state index contributed by atoms with van der Waals surface area (Å²) in [6.07, 6.45) is 0.148. The molecular formula is C13H14BrNO2. The lowest BCUT2D eigenvalue weighted by atomic mass is 10.00. The summed E-state index contributed by atoms with van der Waals surface area (Å²) in [5, 5.41) is 9.99. The van der Waals surface area contributed by atoms with Crippen molar-refractivity contribution >= 4 is 32.8 Å². The van der Waals surface area contributed by atoms with E-state index in [0.717, 1.165) is 26.6 Å². The first kappa shape index (κ1) is 12.2. The van der Waals surface area contributed by atoms with Crippen molar-refractivity contribution in [1.29, 1.82) is 0 Å². The van der Waals surface area contributed by atoms with E-state index in [4.69, 9.17) is 5.11 Å². The molecule has 3 nitrogen and oxygen atoms in total. The van der Waals surface area contributed by atoms with Crippen molar-refractivity contribution in [3.63, 3.8) is 0 Å². The van der Waals surface area contributed by atoms with E-state index in [1.807, 2.05) is 32.0 Å². The Morgan fingerprint density at radius 3 is 2.88 bits per heavy atom. The summed E-state index contributed by atoms with van der Waals surface area (Å²) < 4.78 is 1.02. The first-order valence-electron chi connectivity index (χ1n) is 5.48. The maximum absolute atomic E-state index is 10.7. The zero-order valence-corrected chi connectivity index (χ0v) is 11.3. The van der Waals surface area contributed by atoms with Gasteiger partial charge in [-0.3, -0.25) is 4.79 Å². The molecule has 90 valence electrons. The minimum Gasteiger partial charge on any atom is -0.481 e. The van der Waals surface area contributed by atoms with E-state index in [2.05, 4.69) is 20.9 Å². The largest absolute Gasteiger partial charge is 0.481 e. The molecule has 2 rings (SSSR count). The number of carboxylic acids is 1. The molecular weight excluding hydrogens is 282 g/mol. The highest BCUT2D eigenvalue weighted by Gasteiger charge is 2.16. The summed E-state index contributed by atoms with van der Waals surface area (Å²) >= 11 is 3.43. The van der Waals surface area contributed by atoms with Crippen LogP contribution in [0.4, 0.5) is 0 Å². The number of carbonyl (C=O) groups is 1. The Bertz CT molecular complexity index is 574. The highest BCUT2D eigenvalue weighted by molar-refractivity contribution is 9.10. The topological polar surface area (TPSA) is 53.1 Å². The second-order valence-corrected chi connectivity index (χ2v) is 5.27. The third-order valence-electron chi connectivity index (χ3n) is 3.03. The van der Waals surface area contributed by atoms with Crippen molar-refractivity contribution < 1.29 is 9.90 Å². The molecule has 17 heavy (non-hydrogen) atoms. The van der Waals surface area contributed by atoms with Gasteiger partial charge in [0.25, 0.3) is 0 Å². The Labute approximate surface area is 108 Å². The molecule has 2 N–H and O–H groups in total. The summed E-state index contributed by atoms with van der Waals surface area (Å²) in [5.41, 5.74) is 3.20. The standard InChI is InChI=1S/C13H14BrNO2/c1-7(5-12(16)17)13-8(2)10-4-3-9(14)6-11(10)15-13/h3-4,6-7,15H,5H2,1-2H3,(H,16,17). The van der Waals surface area contributed by atoms with E-state index in [1.54, 1.807) is 0 Å². The summed E-state index contributed by atoms with van der Waals surface area (Å²) in [6, 6.07) is 6.05. The van der Waals surface area contributed by atoms with Gasteiger partial charge in [-0.25, -0.2) is 0 Å². The number of hydrogen-bond acceptors (Lipinski definition) is 1. The van der Waals surface area contributed by atoms with Crippen LogP contribution in [-0.4, -0.2) is 16.1 Å². The van der Waals surface area contributed by atoms with Crippen molar-refractivity contribution in [2.24, 2.45) is 0 Å². The number of H-pyrrole nitrogens is 1. The van der Waals surface area contributed by atoms with Gasteiger partial charge in [0, 0.05) is 27.0 Å². The van der Waals surface area contributed by atoms with Crippen LogP contribution in [0.1, 0.15) is 30.5 Å². The van der Waals surface area contributed by atoms with E-state index in [9.17, 15) is 4.79 Å². The molecule has 2 aromatic rings. The molecule has 0 saturated heterocycles. The third-order valence-corrected chi connectivity index (χ3v) is 3.53. The Balaban J connectivity index is 2.48. The molecule has 0 aliphatic heterocycles. The summed E-state index contributed by atoms with van der Waals surface area (Å²) in [5.74, 6) is -0.768. The molecule has 0 spiro atoms. The van der Waals surface area contributed by atoms with Crippen LogP contribution in [0, 0.1) is 6.92 Å². The Morgan fingerprint density at radius 2 is 2.24 bits per heavy atom. The number of aromatic amines is 1. The van der Waals surface area contributed by atoms with Crippen LogP contribution in [0.25, 0.3) is 10.9 Å². The lowest BCUT2D eigenvalue weighted by Gasteiger charge is -2.07. The minimum absolute atomic E-state index is 0.00123. The minimum atomic E-state index is -0.767. The van der Waals surface area contributed by atoms with Gasteiger partial charge in [0.15, 0.2) is 0 Å². The molecule has 0 radical (unpaired) electrons. The van der Waals surface area contributed by atoms with Crippen LogP contribution in [0.3, 0.4) is 0 Å². The smallest absolute Gasteiger partial charge is 0.304 e. The maximum atomic E-state index is 10.7. The number of fused-ring (bicyclic) bond motifs is 1. The van der Waals surface area contributed by atoms with Crippen molar-refractivity contribution in [2.45, 2.75) is 26.2 Å². The molecule has 1 aromatic heterocycles. The SMILES string of the molecule is Cc1c(C(C)CC(=O)O)[nH]c2cc(Br)ccc12. The first-order chi connectivity index (χ1) is 7.99. The van der Waals surface area contributed by atoms with Gasteiger partial charge in [-0.15, -0.1) is 0 Å². The average Bonchev–Trinajstić information content (AvgIpc) is 2.54. The predicted molar refractivity (Wildman–Crippen MR) is 71.4 cm³/mol. The van der Waals surface area contributed by atoms with Gasteiger partial charge >= 0.3 is 5.97 Å². The molecule has 1 atom stereocenters. The van der Waals surface area contributed by atoms with Crippen molar-refractivity contribution in [3.05, 3.63) is 33.9 Å². The fourth-order valence-electron chi connectivity index (χ4n) is 2.19. The third kappa shape index (κ3) is 2.36. The number of benzene rings is 1. The Hall–Kier alpha value is -1.29. The number of rotatable bonds is 3. The van der Waals surface area contributed by atoms with Crippen LogP contribution < -0.4 is 0 Å². The van der Waals surface area contributed by atoms with Crippen LogP contribution in [-0.2, 0) is 4.79 Å². The summed E-state index contributed by atoms with van der Waals surface area (Å²) in [7, 11) is 0. The van der Waals surface area contributed by atoms with Gasteiger partial charge in [-0.1, -0.05) is 28.9 Å². The van der Waals surface area contributed by atoms with Crippen molar-refractivity contribution in [2.75, 3.05) is 0 Å². The Kier molecular flexibility index (Phi) is 3.24. The van der Waals surface area contributed by atoms with Crippen LogP contribution in [0.5, 0.6) is 0 Å². The van der Waals surface area contributed by atoms with Gasteiger partial charge in [0.05, 0.1) is 6.42 Å². The predicted octanol–water partition coefficient (Wildman–Crippen LogP) is 3.82. The molecule has 0 aliphatic carbocycles. The van der Waals surface area contributed by atoms with Crippen molar-refractivity contribution in [3.8, 4) is 0 Å². The molecule has 1 unspecified atom stereocenters. The van der Waals surface area contributed by atoms with Crippen molar-refractivity contribution in [1.82, 2.24) is 4.98 Å². The molecule has 0 amide bonds. The van der Waals surface area contributed by atoms with Gasteiger partial charge in [0.1, 0.15) is 0 Å². The van der Waals surface area contributed by atoms with E-state index >= 15 is 0 Å². The monoisotopic (exact) mass is 295 g/mol. The van der Waals surface area contributed by atoms with Crippen LogP contribution in [0.2, 0.25) is 0 Å². The zero-order chi connectivity index (χ0) is 12.6. The second-order valence-electron chi connectivity index (χ2n) is 4.35. The number of carboxylic acid groups (broad SMARTS) is 1. The normalized spacial score (nSPS) is 12.9. The van der Waals surface area contributed by atoms with Gasteiger partial charge in [-0.05, 0) is 24.6 Å². The van der Waals surface area contributed by atoms with E-state index in [-0.39, 0.29) is 12.3 Å². The average molecular weight is 296 g/mol. The molecule has 0 saturated carbocycles. The fraction of sp³-hybridized carbons (Fsp3) is 0.308. The highest BCUT2D eigenvalue weighted by Crippen LogP contribution is 2.30. The maximum Gasteiger partial charge on any atom is 0.304 e. The quantitative estimate of drug-likeness (QED) is 0.904. The van der Waals surface area contributed by atoms with E-state index in [1.165, 1.54) is 0 Å². The van der Waals surface area contributed by atoms with Gasteiger partial charge < -0.3 is 10.1 Å². The Morgan fingerprint density at radius 1 is 1.53 bits per heavy atom. The lowest BCUT2D eigenvalue weighted by molar-refractivity contribution is -0.137. The first-order valence-corrected chi connectivity index (χ1v) is 6.28. The fourth-order valence-corrected chi connectivity index (χ4v) is 2.55. The zero-order valence-electron chi connectivity index (χ0n) is 9.75. The summed E-state index contributed by atoms with van der Waals surface area (Å²) in [4.78, 5) is 14.1.